The number of methoxy groups -OCH3 is 2. The van der Waals surface area contributed by atoms with Crippen molar-refractivity contribution in [1.82, 2.24) is 45.3 Å². The Morgan fingerprint density at radius 1 is 0.683 bits per heavy atom. The lowest BCUT2D eigenvalue weighted by Gasteiger charge is -2.29. The summed E-state index contributed by atoms with van der Waals surface area (Å²) in [4.78, 5) is 85.1. The topological polar surface area (TPSA) is 204 Å². The number of benzene rings is 2. The van der Waals surface area contributed by atoms with Gasteiger partial charge in [-0.15, -0.1) is 0 Å². The molecular weight excluding hydrogens is 771 g/mol. The molecule has 5 amide bonds. The molecule has 6 rings (SSSR count). The van der Waals surface area contributed by atoms with E-state index in [0.29, 0.717) is 18.2 Å². The number of amides is 5. The van der Waals surface area contributed by atoms with E-state index in [2.05, 4.69) is 30.6 Å². The molecule has 4 N–H and O–H groups in total. The third kappa shape index (κ3) is 9.45. The summed E-state index contributed by atoms with van der Waals surface area (Å²) in [6.07, 6.45) is 4.99. The van der Waals surface area contributed by atoms with Crippen LogP contribution < -0.4 is 10.6 Å². The number of H-pyrrole nitrogens is 2. The second-order valence-corrected chi connectivity index (χ2v) is 15.7. The predicted molar refractivity (Wildman–Crippen MR) is 222 cm³/mol. The number of ether oxygens (including phenoxy) is 3. The second kappa shape index (κ2) is 18.5. The van der Waals surface area contributed by atoms with E-state index in [-0.39, 0.29) is 43.0 Å². The largest absolute Gasteiger partial charge is 0.453 e. The number of rotatable bonds is 12. The van der Waals surface area contributed by atoms with Gasteiger partial charge in [0.1, 0.15) is 35.8 Å². The zero-order chi connectivity index (χ0) is 43.2. The molecule has 2 aliphatic rings. The average molecular weight is 824 g/mol. The van der Waals surface area contributed by atoms with E-state index in [1.165, 1.54) is 24.0 Å². The monoisotopic (exact) mass is 823 g/mol. The summed E-state index contributed by atoms with van der Waals surface area (Å²) >= 11 is 0. The van der Waals surface area contributed by atoms with Crippen molar-refractivity contribution < 1.29 is 38.2 Å². The fourth-order valence-corrected chi connectivity index (χ4v) is 7.23. The lowest BCUT2D eigenvalue weighted by atomic mass is 10.0. The Kier molecular flexibility index (Phi) is 13.2. The SMILES string of the molecule is COC(=O)NC(C(=O)N1CC=C[C@H]1c1ncc(-c2ccc(-c3ccc(-c4cnc([C@@H]5CN(C(=O)OC(C)C)CN5C(=O)[C@@H](NC(=O)OC)C(C)C)[nH]4)cc3)cc2)[nH]1)C(C)C. The van der Waals surface area contributed by atoms with Gasteiger partial charge < -0.3 is 44.6 Å². The van der Waals surface area contributed by atoms with Crippen LogP contribution in [0, 0.1) is 11.8 Å². The number of carbonyl (C=O) groups excluding carboxylic acids is 5. The van der Waals surface area contributed by atoms with Gasteiger partial charge in [0.25, 0.3) is 0 Å². The van der Waals surface area contributed by atoms with E-state index in [0.717, 1.165) is 33.6 Å². The van der Waals surface area contributed by atoms with Crippen LogP contribution in [0.25, 0.3) is 33.6 Å². The zero-order valence-electron chi connectivity index (χ0n) is 35.1. The van der Waals surface area contributed by atoms with E-state index in [1.54, 1.807) is 31.1 Å². The summed E-state index contributed by atoms with van der Waals surface area (Å²) in [6, 6.07) is 13.4. The van der Waals surface area contributed by atoms with E-state index in [1.807, 2.05) is 88.4 Å². The van der Waals surface area contributed by atoms with Gasteiger partial charge in [-0.25, -0.2) is 24.4 Å². The summed E-state index contributed by atoms with van der Waals surface area (Å²) < 4.78 is 14.9. The van der Waals surface area contributed by atoms with Gasteiger partial charge in [0.2, 0.25) is 11.8 Å². The third-order valence-corrected chi connectivity index (χ3v) is 10.5. The van der Waals surface area contributed by atoms with E-state index in [4.69, 9.17) is 14.2 Å². The maximum atomic E-state index is 13.9. The van der Waals surface area contributed by atoms with Crippen LogP contribution in [0.3, 0.4) is 0 Å². The molecule has 1 unspecified atom stereocenters. The summed E-state index contributed by atoms with van der Waals surface area (Å²) in [5.41, 5.74) is 5.30. The van der Waals surface area contributed by atoms with E-state index < -0.39 is 42.4 Å². The molecule has 318 valence electrons. The molecule has 2 aromatic heterocycles. The molecule has 0 radical (unpaired) electrons. The van der Waals surface area contributed by atoms with Crippen LogP contribution >= 0.6 is 0 Å². The molecule has 2 aromatic carbocycles. The molecule has 0 spiro atoms. The summed E-state index contributed by atoms with van der Waals surface area (Å²) in [5.74, 6) is 0.0895. The van der Waals surface area contributed by atoms with Crippen molar-refractivity contribution in [2.45, 2.75) is 71.8 Å². The van der Waals surface area contributed by atoms with Crippen LogP contribution in [0.4, 0.5) is 14.4 Å². The maximum Gasteiger partial charge on any atom is 0.411 e. The van der Waals surface area contributed by atoms with Gasteiger partial charge in [-0.1, -0.05) is 88.4 Å². The first-order valence-electron chi connectivity index (χ1n) is 19.9. The number of imidazole rings is 2. The van der Waals surface area contributed by atoms with Gasteiger partial charge in [0.15, 0.2) is 0 Å². The van der Waals surface area contributed by atoms with Gasteiger partial charge >= 0.3 is 18.3 Å². The average Bonchev–Trinajstić information content (AvgIpc) is 4.07. The Morgan fingerprint density at radius 3 is 1.63 bits per heavy atom. The molecule has 0 saturated carbocycles. The zero-order valence-corrected chi connectivity index (χ0v) is 35.1. The summed E-state index contributed by atoms with van der Waals surface area (Å²) in [5, 5.41) is 5.29. The molecule has 0 aliphatic carbocycles. The standard InChI is InChI=1S/C43H53N9O8/c1-24(2)35(48-41(55)58-7)39(53)51-19-9-10-33(51)37-44-20-31(46-37)29-15-11-27(12-16-29)28-13-17-30(18-14-28)32-21-45-38(47-32)34-22-50(43(57)60-26(5)6)23-52(34)40(54)36(25(3)4)49-42(56)59-8/h9-18,20-21,24-26,33-36H,19,22-23H2,1-8H3,(H,44,46)(H,45,47)(H,48,55)(H,49,56)/t33-,34-,35?,36-/m0/s1. The second-order valence-electron chi connectivity index (χ2n) is 15.7. The molecule has 1 saturated heterocycles. The van der Waals surface area contributed by atoms with Gasteiger partial charge in [0, 0.05) is 6.54 Å². The molecule has 2 aliphatic heterocycles. The Bertz CT molecular complexity index is 2200. The number of nitrogens with one attached hydrogen (secondary N) is 4. The van der Waals surface area contributed by atoms with Crippen LogP contribution in [0.1, 0.15) is 65.3 Å². The Balaban J connectivity index is 1.15. The minimum Gasteiger partial charge on any atom is -0.453 e. The van der Waals surface area contributed by atoms with E-state index in [9.17, 15) is 24.0 Å². The number of aromatic amines is 2. The Hall–Kier alpha value is -6.65. The first-order chi connectivity index (χ1) is 28.7. The fourth-order valence-electron chi connectivity index (χ4n) is 7.23. The van der Waals surface area contributed by atoms with Crippen molar-refractivity contribution >= 4 is 30.1 Å². The van der Waals surface area contributed by atoms with Crippen LogP contribution in [-0.2, 0) is 23.8 Å². The van der Waals surface area contributed by atoms with Gasteiger partial charge in [0.05, 0.1) is 57.3 Å². The quantitative estimate of drug-likeness (QED) is 0.0966. The van der Waals surface area contributed by atoms with Gasteiger partial charge in [-0.2, -0.15) is 0 Å². The van der Waals surface area contributed by atoms with E-state index >= 15 is 0 Å². The first kappa shape index (κ1) is 42.9. The number of hydrogen-bond acceptors (Lipinski definition) is 10. The highest BCUT2D eigenvalue weighted by Gasteiger charge is 2.43. The van der Waals surface area contributed by atoms with Gasteiger partial charge in [-0.05, 0) is 47.9 Å². The Morgan fingerprint density at radius 2 is 1.15 bits per heavy atom. The third-order valence-electron chi connectivity index (χ3n) is 10.5. The van der Waals surface area contributed by atoms with Crippen molar-refractivity contribution in [2.24, 2.45) is 11.8 Å². The van der Waals surface area contributed by atoms with Crippen molar-refractivity contribution in [3.8, 4) is 33.6 Å². The minimum absolute atomic E-state index is 0.0415. The highest BCUT2D eigenvalue weighted by Crippen LogP contribution is 2.33. The molecule has 60 heavy (non-hydrogen) atoms. The van der Waals surface area contributed by atoms with Crippen molar-refractivity contribution in [3.05, 3.63) is 84.7 Å². The lowest BCUT2D eigenvalue weighted by Crippen LogP contribution is -2.51. The Labute approximate surface area is 348 Å². The highest BCUT2D eigenvalue weighted by atomic mass is 16.6. The summed E-state index contributed by atoms with van der Waals surface area (Å²) in [7, 11) is 2.50. The first-order valence-corrected chi connectivity index (χ1v) is 19.9. The lowest BCUT2D eigenvalue weighted by molar-refractivity contribution is -0.136. The van der Waals surface area contributed by atoms with Crippen molar-refractivity contribution in [3.63, 3.8) is 0 Å². The van der Waals surface area contributed by atoms with Crippen LogP contribution in [-0.4, -0.2) is 117 Å². The van der Waals surface area contributed by atoms with Crippen LogP contribution in [0.2, 0.25) is 0 Å². The number of hydrogen-bond donors (Lipinski definition) is 4. The highest BCUT2D eigenvalue weighted by molar-refractivity contribution is 5.88. The molecule has 4 atom stereocenters. The predicted octanol–water partition coefficient (Wildman–Crippen LogP) is 6.02. The molecule has 0 bridgehead atoms. The smallest absolute Gasteiger partial charge is 0.411 e. The number of carbonyl (C=O) groups is 5. The molecule has 17 nitrogen and oxygen atoms in total. The van der Waals surface area contributed by atoms with Crippen LogP contribution in [0.15, 0.2) is 73.1 Å². The van der Waals surface area contributed by atoms with Crippen LogP contribution in [0.5, 0.6) is 0 Å². The normalized spacial score (nSPS) is 17.3. The van der Waals surface area contributed by atoms with Gasteiger partial charge in [-0.3, -0.25) is 14.5 Å². The molecule has 4 heterocycles. The van der Waals surface area contributed by atoms with Crippen molar-refractivity contribution in [2.75, 3.05) is 34.0 Å². The summed E-state index contributed by atoms with van der Waals surface area (Å²) in [6.45, 7) is 11.4. The number of nitrogens with zero attached hydrogens (tertiary/aromatic N) is 5. The maximum absolute atomic E-state index is 13.9. The molecule has 17 heteroatoms. The number of alkyl carbamates (subject to hydrolysis) is 2. The number of aromatic nitrogens is 4. The molecule has 1 fully saturated rings. The fraction of sp³-hybridized carbons (Fsp3) is 0.419. The molecular formula is C43H53N9O8. The van der Waals surface area contributed by atoms with Crippen molar-refractivity contribution in [1.29, 1.82) is 0 Å². The minimum atomic E-state index is -0.895. The molecule has 4 aromatic rings.